The number of carbonyl (C=O) groups is 1. The Balaban J connectivity index is 2.56. The van der Waals surface area contributed by atoms with E-state index >= 15 is 0 Å². The van der Waals surface area contributed by atoms with E-state index in [4.69, 9.17) is 5.11 Å². The third kappa shape index (κ3) is 2.32. The Hall–Kier alpha value is -0.860. The molecule has 2 nitrogen and oxygen atoms in total. The molecule has 0 spiro atoms. The molecule has 0 aromatic carbocycles. The molecule has 68 valence electrons. The third-order valence-electron chi connectivity index (χ3n) is 2.26. The van der Waals surface area contributed by atoms with Crippen LogP contribution in [0.25, 0.3) is 0 Å². The van der Waals surface area contributed by atoms with Gasteiger partial charge in [-0.3, -0.25) is 0 Å². The molecule has 0 heterocycles. The van der Waals surface area contributed by atoms with E-state index in [1.54, 1.807) is 6.08 Å². The number of rotatable bonds is 3. The summed E-state index contributed by atoms with van der Waals surface area (Å²) in [4.78, 5) is 10.4. The lowest BCUT2D eigenvalue weighted by atomic mass is 10.0. The van der Waals surface area contributed by atoms with Crippen molar-refractivity contribution in [3.05, 3.63) is 11.6 Å². The minimum absolute atomic E-state index is 0.0816. The van der Waals surface area contributed by atoms with Crippen molar-refractivity contribution < 1.29 is 14.3 Å². The number of halogens is 1. The Morgan fingerprint density at radius 1 is 1.50 bits per heavy atom. The molecule has 12 heavy (non-hydrogen) atoms. The standard InChI is InChI=1S/C9H13FO2/c10-6-8(9(11)12)5-7-3-1-2-4-7/h5,7H,1-4,6H2,(H,11,12). The molecule has 1 saturated carbocycles. The fraction of sp³-hybridized carbons (Fsp3) is 0.667. The first-order chi connectivity index (χ1) is 5.74. The molecule has 0 saturated heterocycles. The molecule has 0 radical (unpaired) electrons. The van der Waals surface area contributed by atoms with Crippen molar-refractivity contribution in [1.29, 1.82) is 0 Å². The monoisotopic (exact) mass is 172 g/mol. The van der Waals surface area contributed by atoms with Crippen LogP contribution in [0.2, 0.25) is 0 Å². The minimum Gasteiger partial charge on any atom is -0.478 e. The van der Waals surface area contributed by atoms with Gasteiger partial charge in [-0.15, -0.1) is 0 Å². The Kier molecular flexibility index (Phi) is 3.26. The number of hydrogen-bond donors (Lipinski definition) is 1. The van der Waals surface area contributed by atoms with Crippen LogP contribution in [-0.2, 0) is 4.79 Å². The summed E-state index contributed by atoms with van der Waals surface area (Å²) in [7, 11) is 0. The van der Waals surface area contributed by atoms with E-state index in [2.05, 4.69) is 0 Å². The van der Waals surface area contributed by atoms with Gasteiger partial charge in [0, 0.05) is 0 Å². The smallest absolute Gasteiger partial charge is 0.333 e. The molecule has 0 aromatic rings. The van der Waals surface area contributed by atoms with E-state index in [-0.39, 0.29) is 5.57 Å². The molecule has 0 bridgehead atoms. The maximum absolute atomic E-state index is 12.1. The van der Waals surface area contributed by atoms with Gasteiger partial charge >= 0.3 is 5.97 Å². The maximum atomic E-state index is 12.1. The highest BCUT2D eigenvalue weighted by Gasteiger charge is 2.15. The van der Waals surface area contributed by atoms with Crippen molar-refractivity contribution in [3.63, 3.8) is 0 Å². The Morgan fingerprint density at radius 2 is 2.08 bits per heavy atom. The minimum atomic E-state index is -1.12. The number of carboxylic acids is 1. The van der Waals surface area contributed by atoms with Gasteiger partial charge in [-0.2, -0.15) is 0 Å². The van der Waals surface area contributed by atoms with Crippen LogP contribution in [-0.4, -0.2) is 17.8 Å². The summed E-state index contributed by atoms with van der Waals surface area (Å²) in [6.07, 6.45) is 5.88. The van der Waals surface area contributed by atoms with Crippen molar-refractivity contribution in [1.82, 2.24) is 0 Å². The molecular weight excluding hydrogens is 159 g/mol. The molecule has 1 N–H and O–H groups in total. The predicted molar refractivity (Wildman–Crippen MR) is 43.7 cm³/mol. The van der Waals surface area contributed by atoms with Gasteiger partial charge in [-0.05, 0) is 18.8 Å². The van der Waals surface area contributed by atoms with Crippen LogP contribution in [0.15, 0.2) is 11.6 Å². The van der Waals surface area contributed by atoms with Crippen molar-refractivity contribution in [3.8, 4) is 0 Å². The Labute approximate surface area is 71.1 Å². The van der Waals surface area contributed by atoms with Gasteiger partial charge < -0.3 is 5.11 Å². The Bertz CT molecular complexity index is 193. The van der Waals surface area contributed by atoms with E-state index in [1.165, 1.54) is 0 Å². The molecule has 1 fully saturated rings. The zero-order valence-electron chi connectivity index (χ0n) is 6.92. The van der Waals surface area contributed by atoms with E-state index in [9.17, 15) is 9.18 Å². The summed E-state index contributed by atoms with van der Waals surface area (Å²) in [6.45, 7) is -0.855. The number of carboxylic acid groups (broad SMARTS) is 1. The second-order valence-electron chi connectivity index (χ2n) is 3.18. The largest absolute Gasteiger partial charge is 0.478 e. The second-order valence-corrected chi connectivity index (χ2v) is 3.18. The van der Waals surface area contributed by atoms with Crippen LogP contribution >= 0.6 is 0 Å². The van der Waals surface area contributed by atoms with E-state index < -0.39 is 12.6 Å². The van der Waals surface area contributed by atoms with Crippen molar-refractivity contribution in [2.45, 2.75) is 25.7 Å². The summed E-state index contributed by atoms with van der Waals surface area (Å²) in [5, 5.41) is 8.53. The average molecular weight is 172 g/mol. The van der Waals surface area contributed by atoms with Gasteiger partial charge in [0.1, 0.15) is 6.67 Å². The fourth-order valence-electron chi connectivity index (χ4n) is 1.58. The molecule has 0 aromatic heterocycles. The number of allylic oxidation sites excluding steroid dienone is 1. The van der Waals surface area contributed by atoms with Gasteiger partial charge in [0.15, 0.2) is 0 Å². The first-order valence-electron chi connectivity index (χ1n) is 4.24. The highest BCUT2D eigenvalue weighted by atomic mass is 19.1. The summed E-state index contributed by atoms with van der Waals surface area (Å²) in [5.41, 5.74) is -0.0816. The first-order valence-corrected chi connectivity index (χ1v) is 4.24. The van der Waals surface area contributed by atoms with Gasteiger partial charge in [-0.25, -0.2) is 9.18 Å². The zero-order chi connectivity index (χ0) is 8.97. The quantitative estimate of drug-likeness (QED) is 0.662. The van der Waals surface area contributed by atoms with E-state index in [0.29, 0.717) is 5.92 Å². The third-order valence-corrected chi connectivity index (χ3v) is 2.26. The van der Waals surface area contributed by atoms with E-state index in [0.717, 1.165) is 25.7 Å². The van der Waals surface area contributed by atoms with Crippen LogP contribution in [0, 0.1) is 5.92 Å². The van der Waals surface area contributed by atoms with Gasteiger partial charge in [0.05, 0.1) is 5.57 Å². The lowest BCUT2D eigenvalue weighted by Crippen LogP contribution is -2.04. The second kappa shape index (κ2) is 4.24. The van der Waals surface area contributed by atoms with Gasteiger partial charge in [-0.1, -0.05) is 18.9 Å². The fourth-order valence-corrected chi connectivity index (χ4v) is 1.58. The highest BCUT2D eigenvalue weighted by molar-refractivity contribution is 5.86. The number of aliphatic carboxylic acids is 1. The summed E-state index contributed by atoms with van der Waals surface area (Å²) < 4.78 is 12.1. The van der Waals surface area contributed by atoms with E-state index in [1.807, 2.05) is 0 Å². The maximum Gasteiger partial charge on any atom is 0.333 e. The summed E-state index contributed by atoms with van der Waals surface area (Å²) >= 11 is 0. The summed E-state index contributed by atoms with van der Waals surface area (Å²) in [5.74, 6) is -0.823. The van der Waals surface area contributed by atoms with Crippen molar-refractivity contribution in [2.75, 3.05) is 6.67 Å². The van der Waals surface area contributed by atoms with Crippen LogP contribution < -0.4 is 0 Å². The van der Waals surface area contributed by atoms with Crippen LogP contribution in [0.3, 0.4) is 0 Å². The molecule has 0 atom stereocenters. The molecule has 0 amide bonds. The van der Waals surface area contributed by atoms with Crippen molar-refractivity contribution >= 4 is 5.97 Å². The summed E-state index contributed by atoms with van der Waals surface area (Å²) in [6, 6.07) is 0. The topological polar surface area (TPSA) is 37.3 Å². The molecule has 1 aliphatic carbocycles. The average Bonchev–Trinajstić information content (AvgIpc) is 2.51. The molecule has 0 unspecified atom stereocenters. The SMILES string of the molecule is O=C(O)C(=CC1CCCC1)CF. The zero-order valence-corrected chi connectivity index (χ0v) is 6.92. The molecule has 1 aliphatic rings. The van der Waals surface area contributed by atoms with Crippen LogP contribution in [0.5, 0.6) is 0 Å². The van der Waals surface area contributed by atoms with Gasteiger partial charge in [0.2, 0.25) is 0 Å². The first kappa shape index (κ1) is 9.23. The molecule has 1 rings (SSSR count). The molecular formula is C9H13FO2. The van der Waals surface area contributed by atoms with Gasteiger partial charge in [0.25, 0.3) is 0 Å². The van der Waals surface area contributed by atoms with Crippen LogP contribution in [0.4, 0.5) is 4.39 Å². The molecule has 0 aliphatic heterocycles. The number of alkyl halides is 1. The predicted octanol–water partition coefficient (Wildman–Crippen LogP) is 2.16. The highest BCUT2D eigenvalue weighted by Crippen LogP contribution is 2.26. The van der Waals surface area contributed by atoms with Crippen molar-refractivity contribution in [2.24, 2.45) is 5.92 Å². The lowest BCUT2D eigenvalue weighted by Gasteiger charge is -2.02. The van der Waals surface area contributed by atoms with Crippen LogP contribution in [0.1, 0.15) is 25.7 Å². The normalized spacial score (nSPS) is 19.9. The molecule has 3 heteroatoms. The lowest BCUT2D eigenvalue weighted by molar-refractivity contribution is -0.132. The Morgan fingerprint density at radius 3 is 2.50 bits per heavy atom. The number of hydrogen-bond acceptors (Lipinski definition) is 1.